The number of rotatable bonds is 4. The molecule has 25 heavy (non-hydrogen) atoms. The van der Waals surface area contributed by atoms with Gasteiger partial charge in [0.1, 0.15) is 0 Å². The van der Waals surface area contributed by atoms with Gasteiger partial charge in [0.2, 0.25) is 0 Å². The molecular formula is C14H9F3N2O5S. The van der Waals surface area contributed by atoms with Gasteiger partial charge in [-0.2, -0.15) is 13.2 Å². The average molecular weight is 374 g/mol. The normalized spacial score (nSPS) is 11.8. The van der Waals surface area contributed by atoms with E-state index in [2.05, 4.69) is 0 Å². The zero-order valence-electron chi connectivity index (χ0n) is 12.1. The average Bonchev–Trinajstić information content (AvgIpc) is 2.54. The van der Waals surface area contributed by atoms with Crippen LogP contribution >= 0.6 is 0 Å². The number of amides is 1. The van der Waals surface area contributed by atoms with Gasteiger partial charge < -0.3 is 0 Å². The Morgan fingerprint density at radius 1 is 1.00 bits per heavy atom. The molecule has 0 fully saturated rings. The molecule has 0 aliphatic carbocycles. The van der Waals surface area contributed by atoms with Gasteiger partial charge in [-0.3, -0.25) is 14.9 Å². The minimum absolute atomic E-state index is 0.293. The third-order valence-corrected chi connectivity index (χ3v) is 4.41. The fourth-order valence-corrected chi connectivity index (χ4v) is 2.77. The molecule has 0 aromatic heterocycles. The van der Waals surface area contributed by atoms with Gasteiger partial charge in [-0.25, -0.2) is 13.1 Å². The summed E-state index contributed by atoms with van der Waals surface area (Å²) < 4.78 is 63.1. The van der Waals surface area contributed by atoms with Crippen LogP contribution in [-0.4, -0.2) is 19.2 Å². The van der Waals surface area contributed by atoms with Gasteiger partial charge in [-0.15, -0.1) is 0 Å². The van der Waals surface area contributed by atoms with Crippen molar-refractivity contribution in [3.8, 4) is 0 Å². The monoisotopic (exact) mass is 374 g/mol. The molecule has 0 heterocycles. The van der Waals surface area contributed by atoms with Crippen LogP contribution in [0.3, 0.4) is 0 Å². The maximum absolute atomic E-state index is 12.5. The molecule has 0 atom stereocenters. The number of halogens is 3. The standard InChI is InChI=1S/C14H9F3N2O5S/c15-14(16,17)10-3-1-9(2-4-10)13(20)18-25(23,24)12-7-5-11(6-8-12)19(21)22/h1-8H,(H,18,20). The van der Waals surface area contributed by atoms with Crippen LogP contribution < -0.4 is 4.72 Å². The Balaban J connectivity index is 2.19. The first-order chi connectivity index (χ1) is 11.5. The van der Waals surface area contributed by atoms with E-state index in [0.29, 0.717) is 12.1 Å². The second-order valence-electron chi connectivity index (χ2n) is 4.76. The SMILES string of the molecule is O=C(NS(=O)(=O)c1ccc([N+](=O)[O-])cc1)c1ccc(C(F)(F)F)cc1. The summed E-state index contributed by atoms with van der Waals surface area (Å²) in [6, 6.07) is 6.71. The minimum atomic E-state index is -4.58. The van der Waals surface area contributed by atoms with Crippen LogP contribution in [0.4, 0.5) is 18.9 Å². The van der Waals surface area contributed by atoms with Gasteiger partial charge in [0, 0.05) is 17.7 Å². The van der Waals surface area contributed by atoms with Crippen molar-refractivity contribution in [2.75, 3.05) is 0 Å². The first-order valence-electron chi connectivity index (χ1n) is 6.49. The zero-order valence-corrected chi connectivity index (χ0v) is 13.0. The quantitative estimate of drug-likeness (QED) is 0.654. The Labute approximate surface area is 139 Å². The summed E-state index contributed by atoms with van der Waals surface area (Å²) in [6.07, 6.45) is -4.58. The fraction of sp³-hybridized carbons (Fsp3) is 0.0714. The number of carbonyl (C=O) groups is 1. The molecule has 0 bridgehead atoms. The molecule has 0 unspecified atom stereocenters. The highest BCUT2D eigenvalue weighted by molar-refractivity contribution is 7.90. The number of benzene rings is 2. The second kappa shape index (κ2) is 6.51. The molecule has 0 saturated heterocycles. The lowest BCUT2D eigenvalue weighted by Crippen LogP contribution is -2.30. The van der Waals surface area contributed by atoms with E-state index in [9.17, 15) is 36.5 Å². The highest BCUT2D eigenvalue weighted by atomic mass is 32.2. The molecule has 2 aromatic rings. The lowest BCUT2D eigenvalue weighted by Gasteiger charge is -2.09. The molecule has 0 aliphatic rings. The first-order valence-corrected chi connectivity index (χ1v) is 7.98. The van der Waals surface area contributed by atoms with Crippen LogP contribution in [0.25, 0.3) is 0 Å². The third-order valence-electron chi connectivity index (χ3n) is 3.06. The van der Waals surface area contributed by atoms with E-state index in [-0.39, 0.29) is 11.3 Å². The molecule has 2 aromatic carbocycles. The number of carbonyl (C=O) groups excluding carboxylic acids is 1. The topological polar surface area (TPSA) is 106 Å². The first kappa shape index (κ1) is 18.4. The molecule has 7 nitrogen and oxygen atoms in total. The number of nitrogens with one attached hydrogen (secondary N) is 1. The van der Waals surface area contributed by atoms with E-state index in [4.69, 9.17) is 0 Å². The minimum Gasteiger partial charge on any atom is -0.268 e. The lowest BCUT2D eigenvalue weighted by molar-refractivity contribution is -0.384. The van der Waals surface area contributed by atoms with E-state index in [1.807, 2.05) is 0 Å². The highest BCUT2D eigenvalue weighted by Crippen LogP contribution is 2.29. The van der Waals surface area contributed by atoms with Crippen molar-refractivity contribution in [1.82, 2.24) is 4.72 Å². The van der Waals surface area contributed by atoms with Crippen molar-refractivity contribution in [2.45, 2.75) is 11.1 Å². The number of sulfonamides is 1. The number of non-ortho nitro benzene ring substituents is 1. The van der Waals surface area contributed by atoms with Crippen LogP contribution in [0.1, 0.15) is 15.9 Å². The highest BCUT2D eigenvalue weighted by Gasteiger charge is 2.30. The Kier molecular flexibility index (Phi) is 4.79. The maximum Gasteiger partial charge on any atom is 0.416 e. The molecule has 0 saturated carbocycles. The van der Waals surface area contributed by atoms with Gasteiger partial charge in [0.25, 0.3) is 21.6 Å². The molecule has 0 aliphatic heterocycles. The molecule has 1 N–H and O–H groups in total. The Hall–Kier alpha value is -2.95. The zero-order chi connectivity index (χ0) is 18.8. The van der Waals surface area contributed by atoms with E-state index in [0.717, 1.165) is 36.4 Å². The molecule has 1 amide bonds. The fourth-order valence-electron chi connectivity index (χ4n) is 1.80. The summed E-state index contributed by atoms with van der Waals surface area (Å²) in [5, 5.41) is 10.5. The summed E-state index contributed by atoms with van der Waals surface area (Å²) >= 11 is 0. The largest absolute Gasteiger partial charge is 0.416 e. The number of nitro benzene ring substituents is 1. The van der Waals surface area contributed by atoms with Crippen molar-refractivity contribution >= 4 is 21.6 Å². The molecule has 0 spiro atoms. The Bertz CT molecular complexity index is 907. The predicted octanol–water partition coefficient (Wildman–Crippen LogP) is 2.73. The maximum atomic E-state index is 12.5. The summed E-state index contributed by atoms with van der Waals surface area (Å²) in [5.41, 5.74) is -1.62. The van der Waals surface area contributed by atoms with Crippen molar-refractivity contribution in [1.29, 1.82) is 0 Å². The molecule has 132 valence electrons. The second-order valence-corrected chi connectivity index (χ2v) is 6.44. The third kappa shape index (κ3) is 4.32. The summed E-state index contributed by atoms with van der Waals surface area (Å²) in [7, 11) is -4.33. The van der Waals surface area contributed by atoms with Crippen LogP contribution in [0.5, 0.6) is 0 Å². The molecule has 11 heteroatoms. The predicted molar refractivity (Wildman–Crippen MR) is 79.2 cm³/mol. The Morgan fingerprint density at radius 2 is 1.52 bits per heavy atom. The van der Waals surface area contributed by atoms with Crippen LogP contribution in [0.2, 0.25) is 0 Å². The smallest absolute Gasteiger partial charge is 0.268 e. The number of hydrogen-bond acceptors (Lipinski definition) is 5. The van der Waals surface area contributed by atoms with E-state index in [1.165, 1.54) is 0 Å². The van der Waals surface area contributed by atoms with Crippen molar-refractivity contribution in [3.05, 3.63) is 69.8 Å². The van der Waals surface area contributed by atoms with Crippen LogP contribution in [0.15, 0.2) is 53.4 Å². The van der Waals surface area contributed by atoms with E-state index < -0.39 is 37.5 Å². The van der Waals surface area contributed by atoms with Gasteiger partial charge in [-0.05, 0) is 36.4 Å². The molecule has 2 rings (SSSR count). The number of nitro groups is 1. The summed E-state index contributed by atoms with van der Waals surface area (Å²) in [4.78, 5) is 21.3. The molecule has 0 radical (unpaired) electrons. The van der Waals surface area contributed by atoms with Crippen molar-refractivity contribution in [2.24, 2.45) is 0 Å². The van der Waals surface area contributed by atoms with Gasteiger partial charge in [0.15, 0.2) is 0 Å². The summed E-state index contributed by atoms with van der Waals surface area (Å²) in [5.74, 6) is -1.13. The van der Waals surface area contributed by atoms with Gasteiger partial charge in [-0.1, -0.05) is 0 Å². The van der Waals surface area contributed by atoms with E-state index >= 15 is 0 Å². The number of nitrogens with zero attached hydrogens (tertiary/aromatic N) is 1. The van der Waals surface area contributed by atoms with Gasteiger partial charge in [0.05, 0.1) is 15.4 Å². The number of hydrogen-bond donors (Lipinski definition) is 1. The van der Waals surface area contributed by atoms with Crippen LogP contribution in [0, 0.1) is 10.1 Å². The van der Waals surface area contributed by atoms with Crippen LogP contribution in [-0.2, 0) is 16.2 Å². The van der Waals surface area contributed by atoms with Crippen molar-refractivity contribution in [3.63, 3.8) is 0 Å². The summed E-state index contributed by atoms with van der Waals surface area (Å²) in [6.45, 7) is 0. The number of alkyl halides is 3. The van der Waals surface area contributed by atoms with E-state index in [1.54, 1.807) is 4.72 Å². The Morgan fingerprint density at radius 3 is 1.96 bits per heavy atom. The lowest BCUT2D eigenvalue weighted by atomic mass is 10.1. The van der Waals surface area contributed by atoms with Gasteiger partial charge >= 0.3 is 6.18 Å². The van der Waals surface area contributed by atoms with Crippen molar-refractivity contribution < 1.29 is 31.3 Å². The molecular weight excluding hydrogens is 365 g/mol.